The van der Waals surface area contributed by atoms with Crippen LogP contribution in [-0.4, -0.2) is 9.97 Å². The lowest BCUT2D eigenvalue weighted by atomic mass is 10.1. The summed E-state index contributed by atoms with van der Waals surface area (Å²) < 4.78 is 1.06. The summed E-state index contributed by atoms with van der Waals surface area (Å²) in [6, 6.07) is 5.94. The molecule has 1 aromatic carbocycles. The molecule has 3 N–H and O–H groups in total. The van der Waals surface area contributed by atoms with Crippen LogP contribution in [-0.2, 0) is 0 Å². The topological polar surface area (TPSA) is 50.9 Å². The summed E-state index contributed by atoms with van der Waals surface area (Å²) in [5.74, 6) is 0. The summed E-state index contributed by atoms with van der Waals surface area (Å²) >= 11 is 8.54. The first kappa shape index (κ1) is 14.0. The molecule has 0 bridgehead atoms. The number of benzene rings is 1. The van der Waals surface area contributed by atoms with Crippen LogP contribution in [0.25, 0.3) is 0 Å². The Morgan fingerprint density at radius 2 is 1.95 bits per heavy atom. The van der Waals surface area contributed by atoms with E-state index in [0.29, 0.717) is 4.99 Å². The normalized spacial score (nSPS) is 10.3. The van der Waals surface area contributed by atoms with E-state index in [-0.39, 0.29) is 0 Å². The molecular weight excluding hydrogens is 322 g/mol. The van der Waals surface area contributed by atoms with Crippen molar-refractivity contribution in [2.45, 2.75) is 13.8 Å². The number of aryl methyl sites for hydroxylation is 2. The van der Waals surface area contributed by atoms with Crippen LogP contribution < -0.4 is 11.1 Å². The summed E-state index contributed by atoms with van der Waals surface area (Å²) in [6.45, 7) is 4.10. The smallest absolute Gasteiger partial charge is 0.106 e. The molecule has 0 amide bonds. The van der Waals surface area contributed by atoms with Crippen LogP contribution in [0.4, 0.5) is 11.4 Å². The Morgan fingerprint density at radius 1 is 1.32 bits per heavy atom. The maximum atomic E-state index is 5.72. The molecule has 0 radical (unpaired) electrons. The monoisotopic (exact) mass is 335 g/mol. The van der Waals surface area contributed by atoms with Gasteiger partial charge in [0.05, 0.1) is 11.9 Å². The molecule has 1 heterocycles. The highest BCUT2D eigenvalue weighted by atomic mass is 79.9. The molecule has 0 saturated carbocycles. The lowest BCUT2D eigenvalue weighted by Gasteiger charge is -2.15. The quantitative estimate of drug-likeness (QED) is 0.836. The second-order valence-corrected chi connectivity index (χ2v) is 5.68. The molecule has 0 spiro atoms. The lowest BCUT2D eigenvalue weighted by Crippen LogP contribution is -2.12. The van der Waals surface area contributed by atoms with Crippen LogP contribution in [0.1, 0.15) is 16.7 Å². The van der Waals surface area contributed by atoms with Gasteiger partial charge in [-0.1, -0.05) is 28.1 Å². The minimum Gasteiger partial charge on any atom is -0.389 e. The lowest BCUT2D eigenvalue weighted by molar-refractivity contribution is 1.29. The molecule has 2 rings (SSSR count). The van der Waals surface area contributed by atoms with Crippen LogP contribution >= 0.6 is 28.1 Å². The highest BCUT2D eigenvalue weighted by Crippen LogP contribution is 2.29. The number of aromatic nitrogens is 1. The van der Waals surface area contributed by atoms with Crippen molar-refractivity contribution in [3.05, 3.63) is 51.8 Å². The number of pyridine rings is 1. The van der Waals surface area contributed by atoms with Gasteiger partial charge < -0.3 is 11.1 Å². The third kappa shape index (κ3) is 3.11. The Hall–Kier alpha value is -1.46. The van der Waals surface area contributed by atoms with Gasteiger partial charge in [-0.25, -0.2) is 0 Å². The summed E-state index contributed by atoms with van der Waals surface area (Å²) in [5, 5.41) is 3.37. The van der Waals surface area contributed by atoms with Crippen LogP contribution in [0.5, 0.6) is 0 Å². The Labute approximate surface area is 126 Å². The first-order valence-electron chi connectivity index (χ1n) is 5.76. The van der Waals surface area contributed by atoms with Crippen molar-refractivity contribution < 1.29 is 0 Å². The number of halogens is 1. The predicted molar refractivity (Wildman–Crippen MR) is 87.0 cm³/mol. The van der Waals surface area contributed by atoms with Crippen molar-refractivity contribution in [1.29, 1.82) is 0 Å². The number of nitrogens with zero attached hydrogens (tertiary/aromatic N) is 1. The van der Waals surface area contributed by atoms with E-state index in [1.165, 1.54) is 0 Å². The van der Waals surface area contributed by atoms with E-state index in [2.05, 4.69) is 52.2 Å². The second-order valence-electron chi connectivity index (χ2n) is 4.33. The van der Waals surface area contributed by atoms with Gasteiger partial charge in [0.15, 0.2) is 0 Å². The van der Waals surface area contributed by atoms with Crippen LogP contribution in [0.15, 0.2) is 35.1 Å². The van der Waals surface area contributed by atoms with Crippen molar-refractivity contribution in [1.82, 2.24) is 4.98 Å². The molecule has 19 heavy (non-hydrogen) atoms. The molecule has 1 aromatic heterocycles. The van der Waals surface area contributed by atoms with E-state index in [1.54, 1.807) is 12.4 Å². The van der Waals surface area contributed by atoms with Crippen LogP contribution in [0, 0.1) is 13.8 Å². The summed E-state index contributed by atoms with van der Waals surface area (Å²) in [6.07, 6.45) is 3.41. The number of hydrogen-bond acceptors (Lipinski definition) is 3. The SMILES string of the molecule is Cc1cc(Br)cc(C)c1Nc1cnccc1C(N)=S. The highest BCUT2D eigenvalue weighted by molar-refractivity contribution is 9.10. The fourth-order valence-electron chi connectivity index (χ4n) is 1.95. The van der Waals surface area contributed by atoms with Crippen LogP contribution in [0.3, 0.4) is 0 Å². The maximum absolute atomic E-state index is 5.72. The molecule has 0 saturated heterocycles. The first-order chi connectivity index (χ1) is 8.99. The van der Waals surface area contributed by atoms with Crippen LogP contribution in [0.2, 0.25) is 0 Å². The third-order valence-corrected chi connectivity index (χ3v) is 3.52. The Morgan fingerprint density at radius 3 is 2.53 bits per heavy atom. The van der Waals surface area contributed by atoms with Crippen molar-refractivity contribution in [3.8, 4) is 0 Å². The molecular formula is C14H14BrN3S. The van der Waals surface area contributed by atoms with Gasteiger partial charge in [-0.2, -0.15) is 0 Å². The molecule has 98 valence electrons. The zero-order valence-electron chi connectivity index (χ0n) is 10.7. The molecule has 2 aromatic rings. The number of nitrogens with two attached hydrogens (primary N) is 1. The molecule has 0 unspecified atom stereocenters. The maximum Gasteiger partial charge on any atom is 0.106 e. The van der Waals surface area contributed by atoms with Crippen molar-refractivity contribution in [2.24, 2.45) is 5.73 Å². The van der Waals surface area contributed by atoms with Gasteiger partial charge in [0.25, 0.3) is 0 Å². The zero-order chi connectivity index (χ0) is 14.0. The van der Waals surface area contributed by atoms with E-state index < -0.39 is 0 Å². The predicted octanol–water partition coefficient (Wildman–Crippen LogP) is 3.84. The average Bonchev–Trinajstić information content (AvgIpc) is 2.34. The fourth-order valence-corrected chi connectivity index (χ4v) is 2.82. The zero-order valence-corrected chi connectivity index (χ0v) is 13.1. The van der Waals surface area contributed by atoms with Gasteiger partial charge >= 0.3 is 0 Å². The highest BCUT2D eigenvalue weighted by Gasteiger charge is 2.09. The van der Waals surface area contributed by atoms with E-state index in [9.17, 15) is 0 Å². The summed E-state index contributed by atoms with van der Waals surface area (Å²) in [4.78, 5) is 4.47. The van der Waals surface area contributed by atoms with Gasteiger partial charge in [-0.15, -0.1) is 0 Å². The van der Waals surface area contributed by atoms with E-state index in [4.69, 9.17) is 18.0 Å². The Kier molecular flexibility index (Phi) is 4.17. The number of rotatable bonds is 3. The molecule has 3 nitrogen and oxygen atoms in total. The average molecular weight is 336 g/mol. The molecule has 0 atom stereocenters. The molecule has 5 heteroatoms. The summed E-state index contributed by atoms with van der Waals surface area (Å²) in [7, 11) is 0. The minimum absolute atomic E-state index is 0.359. The van der Waals surface area contributed by atoms with Gasteiger partial charge in [0, 0.05) is 21.9 Å². The Bertz CT molecular complexity index is 617. The fraction of sp³-hybridized carbons (Fsp3) is 0.143. The molecule has 0 aliphatic rings. The summed E-state index contributed by atoms with van der Waals surface area (Å²) in [5.41, 5.74) is 10.7. The number of thiocarbonyl (C=S) groups is 1. The molecule has 0 fully saturated rings. The van der Waals surface area contributed by atoms with Crippen molar-refractivity contribution >= 4 is 44.5 Å². The number of nitrogens with one attached hydrogen (secondary N) is 1. The number of hydrogen-bond donors (Lipinski definition) is 2. The largest absolute Gasteiger partial charge is 0.389 e. The van der Waals surface area contributed by atoms with Crippen molar-refractivity contribution in [2.75, 3.05) is 5.32 Å². The van der Waals surface area contributed by atoms with Gasteiger partial charge in [0.1, 0.15) is 4.99 Å². The first-order valence-corrected chi connectivity index (χ1v) is 6.96. The molecule has 0 aliphatic carbocycles. The number of anilines is 2. The van der Waals surface area contributed by atoms with Crippen molar-refractivity contribution in [3.63, 3.8) is 0 Å². The standard InChI is InChI=1S/C14H14BrN3S/c1-8-5-10(15)6-9(2)13(8)18-12-7-17-4-3-11(12)14(16)19/h3-7,18H,1-2H3,(H2,16,19). The van der Waals surface area contributed by atoms with Gasteiger partial charge in [-0.3, -0.25) is 4.98 Å². The minimum atomic E-state index is 0.359. The Balaban J connectivity index is 2.45. The van der Waals surface area contributed by atoms with E-state index >= 15 is 0 Å². The van der Waals surface area contributed by atoms with E-state index in [1.807, 2.05) is 6.07 Å². The van der Waals surface area contributed by atoms with Gasteiger partial charge in [-0.05, 0) is 43.2 Å². The molecule has 0 aliphatic heterocycles. The second kappa shape index (κ2) is 5.67. The van der Waals surface area contributed by atoms with E-state index in [0.717, 1.165) is 32.5 Å². The van der Waals surface area contributed by atoms with Gasteiger partial charge in [0.2, 0.25) is 0 Å². The third-order valence-electron chi connectivity index (χ3n) is 2.84.